The molecule has 2 aromatic rings. The van der Waals surface area contributed by atoms with Gasteiger partial charge in [-0.3, -0.25) is 0 Å². The summed E-state index contributed by atoms with van der Waals surface area (Å²) in [5.74, 6) is 2.37. The molecule has 0 aliphatic carbocycles. The van der Waals surface area contributed by atoms with Gasteiger partial charge in [0.2, 0.25) is 0 Å². The Balaban J connectivity index is 2.25. The van der Waals surface area contributed by atoms with Gasteiger partial charge in [0, 0.05) is 0 Å². The zero-order valence-electron chi connectivity index (χ0n) is 12.8. The van der Waals surface area contributed by atoms with Crippen molar-refractivity contribution in [3.05, 3.63) is 53.6 Å². The molecule has 112 valence electrons. The van der Waals surface area contributed by atoms with Crippen LogP contribution in [0.1, 0.15) is 24.5 Å². The van der Waals surface area contributed by atoms with Crippen LogP contribution in [0.25, 0.3) is 0 Å². The summed E-state index contributed by atoms with van der Waals surface area (Å²) in [5, 5.41) is 0. The van der Waals surface area contributed by atoms with E-state index in [9.17, 15) is 0 Å². The zero-order valence-corrected chi connectivity index (χ0v) is 12.8. The molecule has 2 aromatic carbocycles. The molecule has 21 heavy (non-hydrogen) atoms. The van der Waals surface area contributed by atoms with E-state index in [1.54, 1.807) is 0 Å². The second-order valence-electron chi connectivity index (χ2n) is 5.05. The maximum atomic E-state index is 6.06. The molecule has 2 rings (SSSR count). The zero-order chi connectivity index (χ0) is 15.1. The lowest BCUT2D eigenvalue weighted by atomic mass is 10.1. The number of hydrogen-bond donors (Lipinski definition) is 1. The minimum absolute atomic E-state index is 0.605. The highest BCUT2D eigenvalue weighted by Crippen LogP contribution is 2.33. The van der Waals surface area contributed by atoms with Crippen LogP contribution in [-0.4, -0.2) is 13.2 Å². The molecule has 0 aliphatic rings. The van der Waals surface area contributed by atoms with Gasteiger partial charge >= 0.3 is 0 Å². The molecule has 0 bridgehead atoms. The van der Waals surface area contributed by atoms with Crippen LogP contribution in [0.4, 0.5) is 0 Å². The minimum Gasteiger partial charge on any atom is -0.490 e. The Morgan fingerprint density at radius 3 is 2.48 bits per heavy atom. The fraction of sp³-hybridized carbons (Fsp3) is 0.333. The topological polar surface area (TPSA) is 44.5 Å². The second kappa shape index (κ2) is 7.70. The van der Waals surface area contributed by atoms with E-state index < -0.39 is 0 Å². The summed E-state index contributed by atoms with van der Waals surface area (Å²) in [6, 6.07) is 13.9. The largest absolute Gasteiger partial charge is 0.490 e. The molecule has 3 nitrogen and oxygen atoms in total. The summed E-state index contributed by atoms with van der Waals surface area (Å²) >= 11 is 0. The molecule has 0 amide bonds. The Kier molecular flexibility index (Phi) is 5.64. The molecule has 0 heterocycles. The first-order valence-electron chi connectivity index (χ1n) is 7.44. The van der Waals surface area contributed by atoms with E-state index in [1.165, 1.54) is 5.56 Å². The van der Waals surface area contributed by atoms with Crippen molar-refractivity contribution in [1.29, 1.82) is 0 Å². The average Bonchev–Trinajstić information content (AvgIpc) is 2.49. The molecule has 0 saturated heterocycles. The van der Waals surface area contributed by atoms with Crippen LogP contribution in [0, 0.1) is 6.92 Å². The van der Waals surface area contributed by atoms with E-state index in [0.717, 1.165) is 35.7 Å². The maximum Gasteiger partial charge on any atom is 0.169 e. The smallest absolute Gasteiger partial charge is 0.169 e. The molecule has 3 heteroatoms. The summed E-state index contributed by atoms with van der Waals surface area (Å²) in [4.78, 5) is 0. The standard InChI is InChI=1S/C18H23NO2/c1-3-12-20-17-6-4-5-7-18(17)21-16-9-8-14(2)13-15(16)10-11-19/h4-9,13H,3,10-12,19H2,1-2H3. The van der Waals surface area contributed by atoms with Gasteiger partial charge in [-0.05, 0) is 50.1 Å². The first kappa shape index (κ1) is 15.4. The second-order valence-corrected chi connectivity index (χ2v) is 5.05. The first-order chi connectivity index (χ1) is 10.2. The number of ether oxygens (including phenoxy) is 2. The van der Waals surface area contributed by atoms with Gasteiger partial charge in [0.1, 0.15) is 5.75 Å². The average molecular weight is 285 g/mol. The normalized spacial score (nSPS) is 10.4. The van der Waals surface area contributed by atoms with Crippen molar-refractivity contribution in [3.8, 4) is 17.2 Å². The summed E-state index contributed by atoms with van der Waals surface area (Å²) in [6.07, 6.45) is 1.77. The van der Waals surface area contributed by atoms with Gasteiger partial charge in [-0.2, -0.15) is 0 Å². The highest BCUT2D eigenvalue weighted by Gasteiger charge is 2.09. The third-order valence-electron chi connectivity index (χ3n) is 3.16. The minimum atomic E-state index is 0.605. The Morgan fingerprint density at radius 1 is 1.00 bits per heavy atom. The van der Waals surface area contributed by atoms with Crippen LogP contribution in [0.3, 0.4) is 0 Å². The SMILES string of the molecule is CCCOc1ccccc1Oc1ccc(C)cc1CCN. The molecule has 0 aliphatic heterocycles. The Hall–Kier alpha value is -2.00. The lowest BCUT2D eigenvalue weighted by molar-refractivity contribution is 0.302. The van der Waals surface area contributed by atoms with E-state index in [2.05, 4.69) is 19.9 Å². The van der Waals surface area contributed by atoms with Crippen molar-refractivity contribution >= 4 is 0 Å². The lowest BCUT2D eigenvalue weighted by Crippen LogP contribution is -2.04. The van der Waals surface area contributed by atoms with E-state index in [-0.39, 0.29) is 0 Å². The summed E-state index contributed by atoms with van der Waals surface area (Å²) in [5.41, 5.74) is 8.03. The molecule has 0 fully saturated rings. The van der Waals surface area contributed by atoms with Crippen LogP contribution in [0.15, 0.2) is 42.5 Å². The molecule has 0 unspecified atom stereocenters. The first-order valence-corrected chi connectivity index (χ1v) is 7.44. The molecule has 0 spiro atoms. The van der Waals surface area contributed by atoms with Gasteiger partial charge < -0.3 is 15.2 Å². The van der Waals surface area contributed by atoms with Crippen molar-refractivity contribution in [1.82, 2.24) is 0 Å². The maximum absolute atomic E-state index is 6.06. The number of hydrogen-bond acceptors (Lipinski definition) is 3. The molecular weight excluding hydrogens is 262 g/mol. The molecule has 0 aromatic heterocycles. The van der Waals surface area contributed by atoms with E-state index >= 15 is 0 Å². The molecule has 0 atom stereocenters. The van der Waals surface area contributed by atoms with Crippen molar-refractivity contribution in [2.45, 2.75) is 26.7 Å². The van der Waals surface area contributed by atoms with Crippen LogP contribution in [0.2, 0.25) is 0 Å². The fourth-order valence-corrected chi connectivity index (χ4v) is 2.14. The van der Waals surface area contributed by atoms with Gasteiger partial charge in [-0.1, -0.05) is 36.8 Å². The van der Waals surface area contributed by atoms with Gasteiger partial charge in [0.05, 0.1) is 6.61 Å². The Labute approximate surface area is 126 Å². The van der Waals surface area contributed by atoms with Gasteiger partial charge in [-0.15, -0.1) is 0 Å². The van der Waals surface area contributed by atoms with Crippen molar-refractivity contribution in [2.24, 2.45) is 5.73 Å². The Morgan fingerprint density at radius 2 is 1.76 bits per heavy atom. The monoisotopic (exact) mass is 285 g/mol. The van der Waals surface area contributed by atoms with Crippen molar-refractivity contribution < 1.29 is 9.47 Å². The number of nitrogens with two attached hydrogens (primary N) is 1. The van der Waals surface area contributed by atoms with Crippen LogP contribution in [0.5, 0.6) is 17.2 Å². The molecule has 0 radical (unpaired) electrons. The van der Waals surface area contributed by atoms with Gasteiger partial charge in [-0.25, -0.2) is 0 Å². The van der Waals surface area contributed by atoms with Crippen molar-refractivity contribution in [3.63, 3.8) is 0 Å². The molecule has 2 N–H and O–H groups in total. The number of para-hydroxylation sites is 2. The van der Waals surface area contributed by atoms with Crippen LogP contribution >= 0.6 is 0 Å². The predicted octanol–water partition coefficient (Wildman–Crippen LogP) is 4.08. The summed E-state index contributed by atoms with van der Waals surface area (Å²) in [6.45, 7) is 5.45. The molecule has 0 saturated carbocycles. The summed E-state index contributed by atoms with van der Waals surface area (Å²) < 4.78 is 11.8. The quantitative estimate of drug-likeness (QED) is 0.833. The van der Waals surface area contributed by atoms with Gasteiger partial charge in [0.25, 0.3) is 0 Å². The Bertz CT molecular complexity index is 581. The lowest BCUT2D eigenvalue weighted by Gasteiger charge is -2.15. The van der Waals surface area contributed by atoms with E-state index in [0.29, 0.717) is 13.2 Å². The van der Waals surface area contributed by atoms with E-state index in [1.807, 2.05) is 36.4 Å². The molecular formula is C18H23NO2. The highest BCUT2D eigenvalue weighted by molar-refractivity contribution is 5.45. The highest BCUT2D eigenvalue weighted by atomic mass is 16.5. The third kappa shape index (κ3) is 4.23. The number of benzene rings is 2. The number of rotatable bonds is 7. The van der Waals surface area contributed by atoms with Crippen LogP contribution in [-0.2, 0) is 6.42 Å². The fourth-order valence-electron chi connectivity index (χ4n) is 2.14. The predicted molar refractivity (Wildman–Crippen MR) is 86.2 cm³/mol. The third-order valence-corrected chi connectivity index (χ3v) is 3.16. The van der Waals surface area contributed by atoms with Gasteiger partial charge in [0.15, 0.2) is 11.5 Å². The van der Waals surface area contributed by atoms with Crippen molar-refractivity contribution in [2.75, 3.05) is 13.2 Å². The number of aryl methyl sites for hydroxylation is 1. The summed E-state index contributed by atoms with van der Waals surface area (Å²) in [7, 11) is 0. The van der Waals surface area contributed by atoms with E-state index in [4.69, 9.17) is 15.2 Å². The van der Waals surface area contributed by atoms with Crippen LogP contribution < -0.4 is 15.2 Å².